The fourth-order valence-corrected chi connectivity index (χ4v) is 1.77. The van der Waals surface area contributed by atoms with Gasteiger partial charge in [0.25, 0.3) is 6.43 Å². The SMILES string of the molecule is CC1CN(CC=O)CC(C)(C(F)F)O1. The van der Waals surface area contributed by atoms with Crippen molar-refractivity contribution in [3.8, 4) is 0 Å². The van der Waals surface area contributed by atoms with Crippen LogP contribution in [0.15, 0.2) is 0 Å². The molecule has 0 N–H and O–H groups in total. The van der Waals surface area contributed by atoms with Gasteiger partial charge in [-0.1, -0.05) is 0 Å². The number of hydrogen-bond donors (Lipinski definition) is 0. The van der Waals surface area contributed by atoms with Gasteiger partial charge in [-0.2, -0.15) is 0 Å². The molecule has 5 heteroatoms. The van der Waals surface area contributed by atoms with Gasteiger partial charge in [0.15, 0.2) is 0 Å². The number of morpholine rings is 1. The van der Waals surface area contributed by atoms with E-state index in [1.54, 1.807) is 11.8 Å². The number of rotatable bonds is 3. The van der Waals surface area contributed by atoms with Crippen molar-refractivity contribution in [1.29, 1.82) is 0 Å². The van der Waals surface area contributed by atoms with E-state index < -0.39 is 12.0 Å². The number of hydrogen-bond acceptors (Lipinski definition) is 3. The Labute approximate surface area is 82.0 Å². The highest BCUT2D eigenvalue weighted by molar-refractivity contribution is 5.52. The molecule has 1 saturated heterocycles. The number of aldehydes is 1. The van der Waals surface area contributed by atoms with Crippen LogP contribution in [0.2, 0.25) is 0 Å². The molecule has 1 aliphatic rings. The highest BCUT2D eigenvalue weighted by Crippen LogP contribution is 2.27. The molecule has 82 valence electrons. The van der Waals surface area contributed by atoms with E-state index in [0.717, 1.165) is 6.29 Å². The first-order valence-corrected chi connectivity index (χ1v) is 4.60. The third-order valence-corrected chi connectivity index (χ3v) is 2.32. The Morgan fingerprint density at radius 3 is 2.86 bits per heavy atom. The van der Waals surface area contributed by atoms with Crippen molar-refractivity contribution in [2.75, 3.05) is 19.6 Å². The Kier molecular flexibility index (Phi) is 3.55. The summed E-state index contributed by atoms with van der Waals surface area (Å²) in [5.41, 5.74) is -1.44. The molecule has 0 spiro atoms. The molecule has 0 bridgehead atoms. The second-order valence-corrected chi connectivity index (χ2v) is 3.90. The Bertz CT molecular complexity index is 213. The van der Waals surface area contributed by atoms with Gasteiger partial charge in [-0.05, 0) is 13.8 Å². The largest absolute Gasteiger partial charge is 0.364 e. The maximum Gasteiger partial charge on any atom is 0.268 e. The van der Waals surface area contributed by atoms with Crippen molar-refractivity contribution in [1.82, 2.24) is 4.90 Å². The lowest BCUT2D eigenvalue weighted by Crippen LogP contribution is -2.57. The van der Waals surface area contributed by atoms with Gasteiger partial charge < -0.3 is 9.53 Å². The molecule has 0 radical (unpaired) electrons. The Hall–Kier alpha value is -0.550. The summed E-state index contributed by atoms with van der Waals surface area (Å²) in [7, 11) is 0. The Morgan fingerprint density at radius 1 is 1.71 bits per heavy atom. The van der Waals surface area contributed by atoms with E-state index in [-0.39, 0.29) is 19.2 Å². The number of ether oxygens (including phenoxy) is 1. The van der Waals surface area contributed by atoms with Gasteiger partial charge >= 0.3 is 0 Å². The molecule has 0 aromatic carbocycles. The zero-order valence-electron chi connectivity index (χ0n) is 8.37. The van der Waals surface area contributed by atoms with Gasteiger partial charge in [0.05, 0.1) is 12.6 Å². The zero-order chi connectivity index (χ0) is 10.8. The van der Waals surface area contributed by atoms with Crippen LogP contribution < -0.4 is 0 Å². The fourth-order valence-electron chi connectivity index (χ4n) is 1.77. The minimum Gasteiger partial charge on any atom is -0.364 e. The van der Waals surface area contributed by atoms with Gasteiger partial charge in [-0.3, -0.25) is 4.90 Å². The summed E-state index contributed by atoms with van der Waals surface area (Å²) in [6, 6.07) is 0. The van der Waals surface area contributed by atoms with E-state index in [1.807, 2.05) is 0 Å². The highest BCUT2D eigenvalue weighted by Gasteiger charge is 2.42. The highest BCUT2D eigenvalue weighted by atomic mass is 19.3. The van der Waals surface area contributed by atoms with E-state index in [9.17, 15) is 13.6 Å². The van der Waals surface area contributed by atoms with Crippen LogP contribution in [0.3, 0.4) is 0 Å². The van der Waals surface area contributed by atoms with Crippen molar-refractivity contribution in [2.45, 2.75) is 32.0 Å². The molecule has 0 saturated carbocycles. The first-order valence-electron chi connectivity index (χ1n) is 4.60. The summed E-state index contributed by atoms with van der Waals surface area (Å²) < 4.78 is 30.5. The van der Waals surface area contributed by atoms with Crippen LogP contribution in [-0.4, -0.2) is 49.0 Å². The van der Waals surface area contributed by atoms with E-state index in [4.69, 9.17) is 4.74 Å². The monoisotopic (exact) mass is 207 g/mol. The van der Waals surface area contributed by atoms with Gasteiger partial charge in [0, 0.05) is 13.1 Å². The van der Waals surface area contributed by atoms with Crippen LogP contribution in [0.25, 0.3) is 0 Å². The number of alkyl halides is 2. The van der Waals surface area contributed by atoms with Crippen molar-refractivity contribution in [3.05, 3.63) is 0 Å². The van der Waals surface area contributed by atoms with Gasteiger partial charge in [-0.15, -0.1) is 0 Å². The van der Waals surface area contributed by atoms with Crippen molar-refractivity contribution in [2.24, 2.45) is 0 Å². The predicted octanol–water partition coefficient (Wildman–Crippen LogP) is 0.930. The topological polar surface area (TPSA) is 29.5 Å². The average Bonchev–Trinajstić information content (AvgIpc) is 2.02. The number of halogens is 2. The molecule has 2 atom stereocenters. The first-order chi connectivity index (χ1) is 6.48. The van der Waals surface area contributed by atoms with Gasteiger partial charge in [-0.25, -0.2) is 8.78 Å². The quantitative estimate of drug-likeness (QED) is 0.645. The molecule has 0 amide bonds. The molecule has 1 rings (SSSR count). The molecule has 3 nitrogen and oxygen atoms in total. The number of carbonyl (C=O) groups excluding carboxylic acids is 1. The van der Waals surface area contributed by atoms with E-state index in [1.165, 1.54) is 6.92 Å². The van der Waals surface area contributed by atoms with Crippen LogP contribution in [0.1, 0.15) is 13.8 Å². The minimum atomic E-state index is -2.53. The van der Waals surface area contributed by atoms with E-state index in [2.05, 4.69) is 0 Å². The van der Waals surface area contributed by atoms with Crippen molar-refractivity contribution < 1.29 is 18.3 Å². The Balaban J connectivity index is 2.66. The van der Waals surface area contributed by atoms with Gasteiger partial charge in [0.1, 0.15) is 11.9 Å². The summed E-state index contributed by atoms with van der Waals surface area (Å²) in [6.45, 7) is 3.94. The number of carbonyl (C=O) groups is 1. The van der Waals surface area contributed by atoms with Crippen LogP contribution in [0.5, 0.6) is 0 Å². The molecule has 1 heterocycles. The third-order valence-electron chi connectivity index (χ3n) is 2.32. The summed E-state index contributed by atoms with van der Waals surface area (Å²) in [4.78, 5) is 12.0. The van der Waals surface area contributed by atoms with Crippen molar-refractivity contribution >= 4 is 6.29 Å². The molecule has 0 aromatic rings. The van der Waals surface area contributed by atoms with Crippen LogP contribution in [-0.2, 0) is 9.53 Å². The lowest BCUT2D eigenvalue weighted by molar-refractivity contribution is -0.197. The lowest BCUT2D eigenvalue weighted by atomic mass is 10.0. The molecule has 2 unspecified atom stereocenters. The standard InChI is InChI=1S/C9H15F2NO2/c1-7-5-12(3-4-13)6-9(2,14-7)8(10)11/h4,7-8H,3,5-6H2,1-2H3. The summed E-state index contributed by atoms with van der Waals surface area (Å²) in [6.07, 6.45) is -2.06. The van der Waals surface area contributed by atoms with Crippen molar-refractivity contribution in [3.63, 3.8) is 0 Å². The molecule has 14 heavy (non-hydrogen) atoms. The number of nitrogens with zero attached hydrogens (tertiary/aromatic N) is 1. The summed E-state index contributed by atoms with van der Waals surface area (Å²) in [5, 5.41) is 0. The van der Waals surface area contributed by atoms with Crippen LogP contribution >= 0.6 is 0 Å². The summed E-state index contributed by atoms with van der Waals surface area (Å²) in [5.74, 6) is 0. The summed E-state index contributed by atoms with van der Waals surface area (Å²) >= 11 is 0. The van der Waals surface area contributed by atoms with Crippen LogP contribution in [0, 0.1) is 0 Å². The normalized spacial score (nSPS) is 34.8. The zero-order valence-corrected chi connectivity index (χ0v) is 8.37. The van der Waals surface area contributed by atoms with Crippen LogP contribution in [0.4, 0.5) is 8.78 Å². The lowest BCUT2D eigenvalue weighted by Gasteiger charge is -2.42. The smallest absolute Gasteiger partial charge is 0.268 e. The Morgan fingerprint density at radius 2 is 2.36 bits per heavy atom. The maximum atomic E-state index is 12.7. The third kappa shape index (κ3) is 2.48. The predicted molar refractivity (Wildman–Crippen MR) is 47.5 cm³/mol. The molecular formula is C9H15F2NO2. The maximum absolute atomic E-state index is 12.7. The van der Waals surface area contributed by atoms with Gasteiger partial charge in [0.2, 0.25) is 0 Å². The second kappa shape index (κ2) is 4.31. The van der Waals surface area contributed by atoms with E-state index in [0.29, 0.717) is 6.54 Å². The molecule has 0 aliphatic carbocycles. The first kappa shape index (κ1) is 11.5. The second-order valence-electron chi connectivity index (χ2n) is 3.90. The minimum absolute atomic E-state index is 0.105. The molecule has 1 aliphatic heterocycles. The molecule has 0 aromatic heterocycles. The molecular weight excluding hydrogens is 192 g/mol. The average molecular weight is 207 g/mol. The van der Waals surface area contributed by atoms with E-state index >= 15 is 0 Å². The fraction of sp³-hybridized carbons (Fsp3) is 0.889. The molecule has 1 fully saturated rings.